The summed E-state index contributed by atoms with van der Waals surface area (Å²) in [5.41, 5.74) is 0. The zero-order valence-corrected chi connectivity index (χ0v) is 24.6. The molecule has 3 aliphatic rings. The zero-order valence-electron chi connectivity index (χ0n) is 22.8. The normalized spacial score (nSPS) is 35.3. The van der Waals surface area contributed by atoms with Gasteiger partial charge in [-0.1, -0.05) is 9.13 Å². The van der Waals surface area contributed by atoms with Gasteiger partial charge in [-0.3, -0.25) is 0 Å². The molecule has 0 radical (unpaired) electrons. The van der Waals surface area contributed by atoms with E-state index in [1.54, 1.807) is 27.7 Å². The van der Waals surface area contributed by atoms with Crippen molar-refractivity contribution in [2.75, 3.05) is 33.7 Å². The number of hydrogen-bond donors (Lipinski definition) is 5. The molecule has 0 spiro atoms. The van der Waals surface area contributed by atoms with Crippen molar-refractivity contribution in [1.29, 1.82) is 0 Å². The van der Waals surface area contributed by atoms with Gasteiger partial charge >= 0.3 is 15.6 Å². The highest BCUT2D eigenvalue weighted by Gasteiger charge is 2.56. The summed E-state index contributed by atoms with van der Waals surface area (Å²) in [4.78, 5) is 0. The fraction of sp³-hybridized carbons (Fsp3) is 1.00. The van der Waals surface area contributed by atoms with Crippen molar-refractivity contribution in [2.45, 2.75) is 107 Å². The predicted octanol–water partition coefficient (Wildman–Crippen LogP) is 1.59. The molecular weight excluding hydrogens is 556 g/mol. The molecule has 0 aromatic carbocycles. The van der Waals surface area contributed by atoms with E-state index >= 15 is 0 Å². The summed E-state index contributed by atoms with van der Waals surface area (Å²) in [6.07, 6.45) is -7.33. The van der Waals surface area contributed by atoms with Crippen LogP contribution in [0.4, 0.5) is 8.78 Å². The van der Waals surface area contributed by atoms with Crippen molar-refractivity contribution in [3.8, 4) is 0 Å². The van der Waals surface area contributed by atoms with Crippen LogP contribution in [0.25, 0.3) is 0 Å². The van der Waals surface area contributed by atoms with Crippen molar-refractivity contribution in [3.05, 3.63) is 0 Å². The van der Waals surface area contributed by atoms with Crippen LogP contribution >= 0.6 is 15.6 Å². The van der Waals surface area contributed by atoms with Gasteiger partial charge in [0.15, 0.2) is 18.4 Å². The van der Waals surface area contributed by atoms with Gasteiger partial charge in [0.25, 0.3) is 11.8 Å². The van der Waals surface area contributed by atoms with Crippen LogP contribution in [-0.2, 0) is 32.8 Å². The third-order valence-electron chi connectivity index (χ3n) is 5.32. The predicted molar refractivity (Wildman–Crippen MR) is 134 cm³/mol. The van der Waals surface area contributed by atoms with E-state index in [1.807, 2.05) is 0 Å². The molecule has 0 saturated carbocycles. The van der Waals surface area contributed by atoms with Gasteiger partial charge < -0.3 is 49.2 Å². The van der Waals surface area contributed by atoms with Gasteiger partial charge in [0.1, 0.15) is 37.7 Å². The SMILES string of the molecule is CCO.CCO.CO[C@@H]1O[C@H](CC(F)[P+](C)=O)[C@H]2OC(C)(C)O[C@@H]12.C[P+](=O)C(F)C[C@H]1O[C@@H](O)[C@H](O)[C@@H]1O. The highest BCUT2D eigenvalue weighted by molar-refractivity contribution is 7.44. The maximum atomic E-state index is 13.6. The van der Waals surface area contributed by atoms with E-state index in [4.69, 9.17) is 44.1 Å². The molecule has 16 heteroatoms. The van der Waals surface area contributed by atoms with Gasteiger partial charge in [-0.05, 0) is 27.7 Å². The summed E-state index contributed by atoms with van der Waals surface area (Å²) in [5, 5.41) is 42.4. The second-order valence-corrected chi connectivity index (χ2v) is 12.3. The van der Waals surface area contributed by atoms with Gasteiger partial charge in [0.05, 0.1) is 25.0 Å². The summed E-state index contributed by atoms with van der Waals surface area (Å²) >= 11 is 0. The highest BCUT2D eigenvalue weighted by atomic mass is 31.1. The van der Waals surface area contributed by atoms with E-state index in [0.717, 1.165) is 0 Å². The summed E-state index contributed by atoms with van der Waals surface area (Å²) < 4.78 is 75.2. The Balaban J connectivity index is 0.000000610. The van der Waals surface area contributed by atoms with Gasteiger partial charge in [0.2, 0.25) is 0 Å². The van der Waals surface area contributed by atoms with Gasteiger partial charge in [-0.25, -0.2) is 0 Å². The minimum Gasteiger partial charge on any atom is -0.397 e. The maximum absolute atomic E-state index is 13.6. The molecule has 4 unspecified atom stereocenters. The number of fused-ring (bicyclic) bond motifs is 1. The third kappa shape index (κ3) is 12.0. The number of aliphatic hydroxyl groups is 5. The molecular formula is C22H44F2O12P2+2. The summed E-state index contributed by atoms with van der Waals surface area (Å²) in [7, 11) is -2.36. The molecule has 3 saturated heterocycles. The van der Waals surface area contributed by atoms with Crippen LogP contribution < -0.4 is 0 Å². The van der Waals surface area contributed by atoms with Crippen LogP contribution in [0.5, 0.6) is 0 Å². The second-order valence-electron chi connectivity index (χ2n) is 8.95. The molecule has 0 aromatic rings. The van der Waals surface area contributed by atoms with E-state index in [9.17, 15) is 23.0 Å². The van der Waals surface area contributed by atoms with Crippen molar-refractivity contribution < 1.29 is 67.1 Å². The largest absolute Gasteiger partial charge is 0.397 e. The Morgan fingerprint density at radius 3 is 1.63 bits per heavy atom. The topological polar surface area (TPSA) is 181 Å². The Kier molecular flexibility index (Phi) is 18.0. The van der Waals surface area contributed by atoms with E-state index in [1.165, 1.54) is 20.4 Å². The smallest absolute Gasteiger partial charge is 0.371 e. The van der Waals surface area contributed by atoms with E-state index in [2.05, 4.69) is 0 Å². The van der Waals surface area contributed by atoms with Crippen LogP contribution in [0.1, 0.15) is 40.5 Å². The number of ether oxygens (including phenoxy) is 5. The molecule has 3 aliphatic heterocycles. The Labute approximate surface area is 224 Å². The van der Waals surface area contributed by atoms with E-state index in [-0.39, 0.29) is 38.3 Å². The van der Waals surface area contributed by atoms with Gasteiger partial charge in [0, 0.05) is 20.3 Å². The summed E-state index contributed by atoms with van der Waals surface area (Å²) in [5.74, 6) is -3.72. The Bertz CT molecular complexity index is 705. The van der Waals surface area contributed by atoms with E-state index in [0.29, 0.717) is 0 Å². The first-order valence-corrected chi connectivity index (χ1v) is 15.7. The monoisotopic (exact) mass is 600 g/mol. The molecule has 3 heterocycles. The number of rotatable bonds is 7. The first-order valence-electron chi connectivity index (χ1n) is 12.1. The summed E-state index contributed by atoms with van der Waals surface area (Å²) in [6, 6.07) is 0. The van der Waals surface area contributed by atoms with Crippen LogP contribution in [0, 0.1) is 0 Å². The zero-order chi connectivity index (χ0) is 29.8. The standard InChI is InChI=1S/C11H19FO5P.C7H13FO5P.2C2H6O/c1-11(2)16-8-6(5-7(12)18(4)13)15-10(14-3)9(8)17-11;1-14(12)4(8)2-3-5(9)6(10)7(11)13-3;2*1-2-3/h6-10H,5H2,1-4H3;3-7,9-11H,2H2,1H3;2*3H,2H2,1H3/q2*+1;;/t6-,7?,8-,9-,10-;3-,4?,5-,6-,7-;;/m11../s1. The molecule has 226 valence electrons. The van der Waals surface area contributed by atoms with Crippen molar-refractivity contribution >= 4 is 15.6 Å². The molecule has 3 rings (SSSR count). The molecule has 0 aliphatic carbocycles. The van der Waals surface area contributed by atoms with Crippen LogP contribution in [0.2, 0.25) is 0 Å². The van der Waals surface area contributed by atoms with Crippen LogP contribution in [0.3, 0.4) is 0 Å². The van der Waals surface area contributed by atoms with Crippen LogP contribution in [0.15, 0.2) is 0 Å². The third-order valence-corrected chi connectivity index (χ3v) is 7.32. The average molecular weight is 601 g/mol. The lowest BCUT2D eigenvalue weighted by molar-refractivity contribution is -0.228. The highest BCUT2D eigenvalue weighted by Crippen LogP contribution is 2.42. The van der Waals surface area contributed by atoms with Crippen molar-refractivity contribution in [2.24, 2.45) is 0 Å². The minimum absolute atomic E-state index is 0.0339. The first-order chi connectivity index (χ1) is 17.6. The maximum Gasteiger partial charge on any atom is 0.371 e. The lowest BCUT2D eigenvalue weighted by atomic mass is 10.1. The first kappa shape index (κ1) is 37.7. The number of aliphatic hydroxyl groups excluding tert-OH is 5. The van der Waals surface area contributed by atoms with Crippen molar-refractivity contribution in [3.63, 3.8) is 0 Å². The summed E-state index contributed by atoms with van der Waals surface area (Å²) in [6.45, 7) is 10.1. The van der Waals surface area contributed by atoms with Crippen molar-refractivity contribution in [1.82, 2.24) is 0 Å². The van der Waals surface area contributed by atoms with Gasteiger partial charge in [-0.2, -0.15) is 8.78 Å². The number of hydrogen-bond acceptors (Lipinski definition) is 12. The average Bonchev–Trinajstić information content (AvgIpc) is 3.39. The molecule has 12 atom stereocenters. The molecule has 3 fully saturated rings. The molecule has 0 aromatic heterocycles. The molecule has 38 heavy (non-hydrogen) atoms. The Hall–Kier alpha value is -0.340. The number of halogens is 2. The number of alkyl halides is 2. The van der Waals surface area contributed by atoms with E-state index < -0.39 is 70.2 Å². The Morgan fingerprint density at radius 2 is 1.26 bits per heavy atom. The fourth-order valence-corrected chi connectivity index (χ4v) is 4.63. The molecule has 12 nitrogen and oxygen atoms in total. The Morgan fingerprint density at radius 1 is 0.842 bits per heavy atom. The fourth-order valence-electron chi connectivity index (χ4n) is 3.63. The lowest BCUT2D eigenvalue weighted by Gasteiger charge is -2.23. The second kappa shape index (κ2) is 18.2. The molecule has 5 N–H and O–H groups in total. The lowest BCUT2D eigenvalue weighted by Crippen LogP contribution is -2.33. The quantitative estimate of drug-likeness (QED) is 0.267. The molecule has 0 amide bonds. The minimum atomic E-state index is -2.00. The van der Waals surface area contributed by atoms with Gasteiger partial charge in [-0.15, -0.1) is 0 Å². The number of methoxy groups -OCH3 is 1. The molecule has 0 bridgehead atoms. The van der Waals surface area contributed by atoms with Crippen LogP contribution in [-0.4, -0.2) is 126 Å².